The second-order valence-electron chi connectivity index (χ2n) is 5.60. The SMILES string of the molecule is O=C(ON=Cc1cccc(C(F)(F)F)c1)N1CCCc2ccccc21. The van der Waals surface area contributed by atoms with E-state index in [4.69, 9.17) is 4.84 Å². The number of alkyl halides is 3. The van der Waals surface area contributed by atoms with Crippen LogP contribution in [0.15, 0.2) is 53.7 Å². The molecule has 0 atom stereocenters. The largest absolute Gasteiger partial charge is 0.440 e. The van der Waals surface area contributed by atoms with E-state index in [9.17, 15) is 18.0 Å². The van der Waals surface area contributed by atoms with Crippen LogP contribution >= 0.6 is 0 Å². The molecule has 1 heterocycles. The predicted octanol–water partition coefficient (Wildman–Crippen LogP) is 4.63. The molecule has 3 rings (SSSR count). The maximum atomic E-state index is 12.7. The Morgan fingerprint density at radius 1 is 1.16 bits per heavy atom. The number of rotatable bonds is 2. The standard InChI is InChI=1S/C18H15F3N2O2/c19-18(20,21)15-8-3-5-13(11-15)12-22-25-17(24)23-10-4-7-14-6-1-2-9-16(14)23/h1-3,5-6,8-9,11-12H,4,7,10H2. The highest BCUT2D eigenvalue weighted by Crippen LogP contribution is 2.29. The molecule has 1 aliphatic rings. The molecule has 130 valence electrons. The number of benzene rings is 2. The first-order valence-electron chi connectivity index (χ1n) is 7.72. The lowest BCUT2D eigenvalue weighted by atomic mass is 10.0. The summed E-state index contributed by atoms with van der Waals surface area (Å²) in [6.07, 6.45) is -2.31. The fraction of sp³-hybridized carbons (Fsp3) is 0.222. The predicted molar refractivity (Wildman–Crippen MR) is 87.6 cm³/mol. The zero-order valence-corrected chi connectivity index (χ0v) is 13.2. The molecule has 0 radical (unpaired) electrons. The summed E-state index contributed by atoms with van der Waals surface area (Å²) in [5.41, 5.74) is 1.23. The smallest absolute Gasteiger partial charge is 0.298 e. The van der Waals surface area contributed by atoms with Crippen LogP contribution in [0.3, 0.4) is 0 Å². The van der Waals surface area contributed by atoms with Crippen molar-refractivity contribution in [2.75, 3.05) is 11.4 Å². The van der Waals surface area contributed by atoms with Gasteiger partial charge in [-0.05, 0) is 42.2 Å². The van der Waals surface area contributed by atoms with E-state index in [0.29, 0.717) is 6.54 Å². The number of para-hydroxylation sites is 1. The molecule has 0 saturated heterocycles. The van der Waals surface area contributed by atoms with E-state index in [2.05, 4.69) is 5.16 Å². The molecule has 2 aromatic rings. The van der Waals surface area contributed by atoms with E-state index in [1.807, 2.05) is 24.3 Å². The topological polar surface area (TPSA) is 41.9 Å². The number of amides is 1. The molecule has 0 saturated carbocycles. The van der Waals surface area contributed by atoms with Crippen LogP contribution in [-0.4, -0.2) is 18.9 Å². The van der Waals surface area contributed by atoms with Crippen molar-refractivity contribution >= 4 is 18.0 Å². The van der Waals surface area contributed by atoms with Crippen LogP contribution in [0.4, 0.5) is 23.7 Å². The normalized spacial score (nSPS) is 14.4. The number of halogens is 3. The number of fused-ring (bicyclic) bond motifs is 1. The van der Waals surface area contributed by atoms with Crippen molar-refractivity contribution in [2.24, 2.45) is 5.16 Å². The molecule has 7 heteroatoms. The molecular weight excluding hydrogens is 333 g/mol. The lowest BCUT2D eigenvalue weighted by molar-refractivity contribution is -0.137. The third kappa shape index (κ3) is 3.99. The van der Waals surface area contributed by atoms with E-state index in [0.717, 1.165) is 42.4 Å². The van der Waals surface area contributed by atoms with Crippen molar-refractivity contribution in [1.82, 2.24) is 0 Å². The maximum Gasteiger partial charge on any atom is 0.440 e. The van der Waals surface area contributed by atoms with Crippen LogP contribution < -0.4 is 4.90 Å². The summed E-state index contributed by atoms with van der Waals surface area (Å²) in [5, 5.41) is 3.53. The highest BCUT2D eigenvalue weighted by atomic mass is 19.4. The molecule has 1 amide bonds. The second-order valence-corrected chi connectivity index (χ2v) is 5.60. The third-order valence-electron chi connectivity index (χ3n) is 3.88. The summed E-state index contributed by atoms with van der Waals surface area (Å²) in [5.74, 6) is 0. The van der Waals surface area contributed by atoms with Crippen LogP contribution in [0.5, 0.6) is 0 Å². The monoisotopic (exact) mass is 348 g/mol. The Morgan fingerprint density at radius 3 is 2.76 bits per heavy atom. The van der Waals surface area contributed by atoms with Gasteiger partial charge in [-0.2, -0.15) is 13.2 Å². The molecular formula is C18H15F3N2O2. The zero-order chi connectivity index (χ0) is 17.9. The minimum Gasteiger partial charge on any atom is -0.298 e. The number of hydrogen-bond acceptors (Lipinski definition) is 3. The molecule has 0 aromatic heterocycles. The van der Waals surface area contributed by atoms with Gasteiger partial charge in [-0.25, -0.2) is 4.79 Å². The van der Waals surface area contributed by atoms with Crippen molar-refractivity contribution in [3.05, 3.63) is 65.2 Å². The first-order chi connectivity index (χ1) is 11.9. The van der Waals surface area contributed by atoms with Gasteiger partial charge in [0.1, 0.15) is 0 Å². The highest BCUT2D eigenvalue weighted by molar-refractivity contribution is 5.89. The van der Waals surface area contributed by atoms with Crippen molar-refractivity contribution < 1.29 is 22.8 Å². The Balaban J connectivity index is 1.68. The fourth-order valence-electron chi connectivity index (χ4n) is 2.70. The van der Waals surface area contributed by atoms with Crippen LogP contribution in [-0.2, 0) is 17.4 Å². The Hall–Kier alpha value is -2.83. The van der Waals surface area contributed by atoms with Gasteiger partial charge in [0.25, 0.3) is 0 Å². The van der Waals surface area contributed by atoms with Crippen molar-refractivity contribution in [3.63, 3.8) is 0 Å². The van der Waals surface area contributed by atoms with Crippen molar-refractivity contribution in [1.29, 1.82) is 0 Å². The van der Waals surface area contributed by atoms with Gasteiger partial charge >= 0.3 is 12.3 Å². The van der Waals surface area contributed by atoms with Gasteiger partial charge in [0, 0.05) is 6.54 Å². The summed E-state index contributed by atoms with van der Waals surface area (Å²) < 4.78 is 38.0. The molecule has 4 nitrogen and oxygen atoms in total. The van der Waals surface area contributed by atoms with Crippen LogP contribution in [0.1, 0.15) is 23.1 Å². The number of carbonyl (C=O) groups is 1. The minimum atomic E-state index is -4.43. The molecule has 1 aliphatic heterocycles. The van der Waals surface area contributed by atoms with Gasteiger partial charge < -0.3 is 0 Å². The molecule has 0 unspecified atom stereocenters. The third-order valence-corrected chi connectivity index (χ3v) is 3.88. The highest BCUT2D eigenvalue weighted by Gasteiger charge is 2.30. The first kappa shape index (κ1) is 17.0. The van der Waals surface area contributed by atoms with E-state index >= 15 is 0 Å². The lowest BCUT2D eigenvalue weighted by Crippen LogP contribution is -2.35. The number of oxime groups is 1. The number of anilines is 1. The minimum absolute atomic E-state index is 0.196. The fourth-order valence-corrected chi connectivity index (χ4v) is 2.70. The molecule has 2 aromatic carbocycles. The van der Waals surface area contributed by atoms with Crippen molar-refractivity contribution in [2.45, 2.75) is 19.0 Å². The first-order valence-corrected chi connectivity index (χ1v) is 7.72. The zero-order valence-electron chi connectivity index (χ0n) is 13.2. The average molecular weight is 348 g/mol. The van der Waals surface area contributed by atoms with Crippen LogP contribution in [0, 0.1) is 0 Å². The second kappa shape index (κ2) is 6.96. The maximum absolute atomic E-state index is 12.7. The molecule has 0 aliphatic carbocycles. The van der Waals surface area contributed by atoms with E-state index in [-0.39, 0.29) is 5.56 Å². The van der Waals surface area contributed by atoms with Gasteiger partial charge in [-0.3, -0.25) is 9.74 Å². The molecule has 0 spiro atoms. The van der Waals surface area contributed by atoms with Crippen LogP contribution in [0.25, 0.3) is 0 Å². The summed E-state index contributed by atoms with van der Waals surface area (Å²) >= 11 is 0. The molecule has 0 fully saturated rings. The summed E-state index contributed by atoms with van der Waals surface area (Å²) in [6, 6.07) is 12.1. The Labute approximate surface area is 142 Å². The van der Waals surface area contributed by atoms with Crippen LogP contribution in [0.2, 0.25) is 0 Å². The number of aryl methyl sites for hydroxylation is 1. The van der Waals surface area contributed by atoms with E-state index in [1.165, 1.54) is 17.0 Å². The van der Waals surface area contributed by atoms with Gasteiger partial charge in [-0.15, -0.1) is 0 Å². The summed E-state index contributed by atoms with van der Waals surface area (Å²) in [7, 11) is 0. The summed E-state index contributed by atoms with van der Waals surface area (Å²) in [4.78, 5) is 18.5. The Kier molecular flexibility index (Phi) is 4.74. The number of hydrogen-bond donors (Lipinski definition) is 0. The Bertz CT molecular complexity index is 803. The lowest BCUT2D eigenvalue weighted by Gasteiger charge is -2.27. The van der Waals surface area contributed by atoms with E-state index in [1.54, 1.807) is 0 Å². The summed E-state index contributed by atoms with van der Waals surface area (Å²) in [6.45, 7) is 0.509. The van der Waals surface area contributed by atoms with Gasteiger partial charge in [-0.1, -0.05) is 35.5 Å². The molecule has 0 bridgehead atoms. The quantitative estimate of drug-likeness (QED) is 0.451. The number of carbonyl (C=O) groups excluding carboxylic acids is 1. The van der Waals surface area contributed by atoms with Crippen molar-refractivity contribution in [3.8, 4) is 0 Å². The number of nitrogens with zero attached hydrogens (tertiary/aromatic N) is 2. The van der Waals surface area contributed by atoms with Gasteiger partial charge in [0.2, 0.25) is 0 Å². The van der Waals surface area contributed by atoms with Gasteiger partial charge in [0.05, 0.1) is 17.5 Å². The van der Waals surface area contributed by atoms with Gasteiger partial charge in [0.15, 0.2) is 0 Å². The molecule has 25 heavy (non-hydrogen) atoms. The van der Waals surface area contributed by atoms with E-state index < -0.39 is 17.8 Å². The molecule has 0 N–H and O–H groups in total. The Morgan fingerprint density at radius 2 is 1.96 bits per heavy atom. The average Bonchev–Trinajstić information content (AvgIpc) is 2.60.